The molecule has 0 bridgehead atoms. The van der Waals surface area contributed by atoms with E-state index in [2.05, 4.69) is 10.00 Å². The van der Waals surface area contributed by atoms with Crippen LogP contribution in [0.25, 0.3) is 0 Å². The predicted molar refractivity (Wildman–Crippen MR) is 77.5 cm³/mol. The van der Waals surface area contributed by atoms with Gasteiger partial charge in [0.15, 0.2) is 0 Å². The van der Waals surface area contributed by atoms with Crippen LogP contribution in [0.4, 0.5) is 0 Å². The third-order valence-corrected chi connectivity index (χ3v) is 3.88. The standard InChI is InChI=1S/C15H25N3O2/c1-3-20-15(19)13-11-16-17(2)14(13)12-18-9-7-5-4-6-8-10-18/h11H,3-10,12H2,1-2H3. The molecule has 2 rings (SSSR count). The summed E-state index contributed by atoms with van der Waals surface area (Å²) in [5.74, 6) is -0.261. The Morgan fingerprint density at radius 3 is 2.55 bits per heavy atom. The van der Waals surface area contributed by atoms with Crippen molar-refractivity contribution < 1.29 is 9.53 Å². The van der Waals surface area contributed by atoms with Crippen molar-refractivity contribution in [3.63, 3.8) is 0 Å². The van der Waals surface area contributed by atoms with Crippen molar-refractivity contribution in [2.24, 2.45) is 7.05 Å². The molecule has 0 atom stereocenters. The normalized spacial score (nSPS) is 17.5. The molecule has 20 heavy (non-hydrogen) atoms. The lowest BCUT2D eigenvalue weighted by Gasteiger charge is -2.24. The van der Waals surface area contributed by atoms with Gasteiger partial charge in [-0.1, -0.05) is 19.3 Å². The number of carbonyl (C=O) groups is 1. The minimum absolute atomic E-state index is 0.261. The summed E-state index contributed by atoms with van der Waals surface area (Å²) in [5, 5.41) is 4.22. The van der Waals surface area contributed by atoms with Crippen LogP contribution >= 0.6 is 0 Å². The van der Waals surface area contributed by atoms with Gasteiger partial charge in [0.05, 0.1) is 18.5 Å². The maximum Gasteiger partial charge on any atom is 0.341 e. The van der Waals surface area contributed by atoms with E-state index in [0.29, 0.717) is 12.2 Å². The third kappa shape index (κ3) is 3.82. The number of likely N-dealkylation sites (tertiary alicyclic amines) is 1. The molecular formula is C15H25N3O2. The van der Waals surface area contributed by atoms with Gasteiger partial charge in [0, 0.05) is 13.6 Å². The Bertz CT molecular complexity index is 434. The third-order valence-electron chi connectivity index (χ3n) is 3.88. The zero-order valence-corrected chi connectivity index (χ0v) is 12.6. The van der Waals surface area contributed by atoms with Gasteiger partial charge < -0.3 is 4.74 Å². The molecule has 0 radical (unpaired) electrons. The maximum atomic E-state index is 11.9. The predicted octanol–water partition coefficient (Wildman–Crippen LogP) is 2.36. The van der Waals surface area contributed by atoms with Gasteiger partial charge in [-0.25, -0.2) is 4.79 Å². The number of nitrogens with zero attached hydrogens (tertiary/aromatic N) is 3. The van der Waals surface area contributed by atoms with Crippen LogP contribution in [0.1, 0.15) is 55.1 Å². The highest BCUT2D eigenvalue weighted by Crippen LogP contribution is 2.16. The summed E-state index contributed by atoms with van der Waals surface area (Å²) in [6, 6.07) is 0. The average molecular weight is 279 g/mol. The molecule has 0 amide bonds. The number of hydrogen-bond donors (Lipinski definition) is 0. The van der Waals surface area contributed by atoms with E-state index >= 15 is 0 Å². The highest BCUT2D eigenvalue weighted by atomic mass is 16.5. The quantitative estimate of drug-likeness (QED) is 0.794. The summed E-state index contributed by atoms with van der Waals surface area (Å²) in [7, 11) is 1.89. The number of ether oxygens (including phenoxy) is 1. The number of aromatic nitrogens is 2. The fourth-order valence-corrected chi connectivity index (χ4v) is 2.71. The van der Waals surface area contributed by atoms with Crippen molar-refractivity contribution in [1.82, 2.24) is 14.7 Å². The molecule has 1 fully saturated rings. The first-order valence-electron chi connectivity index (χ1n) is 7.62. The second-order valence-electron chi connectivity index (χ2n) is 5.39. The number of rotatable bonds is 4. The van der Waals surface area contributed by atoms with Crippen molar-refractivity contribution in [3.05, 3.63) is 17.5 Å². The summed E-state index contributed by atoms with van der Waals surface area (Å²) < 4.78 is 6.90. The van der Waals surface area contributed by atoms with E-state index in [0.717, 1.165) is 25.3 Å². The molecule has 1 aliphatic heterocycles. The first kappa shape index (κ1) is 15.0. The molecule has 5 heteroatoms. The SMILES string of the molecule is CCOC(=O)c1cnn(C)c1CN1CCCCCCC1. The smallest absolute Gasteiger partial charge is 0.341 e. The van der Waals surface area contributed by atoms with Crippen molar-refractivity contribution in [1.29, 1.82) is 0 Å². The van der Waals surface area contributed by atoms with Crippen LogP contribution in [-0.4, -0.2) is 40.3 Å². The number of hydrogen-bond acceptors (Lipinski definition) is 4. The van der Waals surface area contributed by atoms with Gasteiger partial charge in [-0.3, -0.25) is 9.58 Å². The van der Waals surface area contributed by atoms with Crippen molar-refractivity contribution in [3.8, 4) is 0 Å². The molecule has 0 saturated carbocycles. The number of esters is 1. The van der Waals surface area contributed by atoms with Gasteiger partial charge in [-0.05, 0) is 32.9 Å². The second kappa shape index (κ2) is 7.43. The Morgan fingerprint density at radius 2 is 1.90 bits per heavy atom. The van der Waals surface area contributed by atoms with Crippen molar-refractivity contribution >= 4 is 5.97 Å². The fourth-order valence-electron chi connectivity index (χ4n) is 2.71. The van der Waals surface area contributed by atoms with Gasteiger partial charge in [0.25, 0.3) is 0 Å². The van der Waals surface area contributed by atoms with Crippen LogP contribution in [0.2, 0.25) is 0 Å². The molecule has 0 aliphatic carbocycles. The summed E-state index contributed by atoms with van der Waals surface area (Å²) in [4.78, 5) is 14.4. The Balaban J connectivity index is 2.07. The highest BCUT2D eigenvalue weighted by molar-refractivity contribution is 5.90. The molecule has 5 nitrogen and oxygen atoms in total. The van der Waals surface area contributed by atoms with E-state index in [1.165, 1.54) is 32.1 Å². The lowest BCUT2D eigenvalue weighted by atomic mass is 10.1. The van der Waals surface area contributed by atoms with E-state index in [1.807, 2.05) is 14.0 Å². The van der Waals surface area contributed by atoms with Crippen LogP contribution in [0.3, 0.4) is 0 Å². The zero-order chi connectivity index (χ0) is 14.4. The van der Waals surface area contributed by atoms with Gasteiger partial charge in [-0.15, -0.1) is 0 Å². The maximum absolute atomic E-state index is 11.9. The van der Waals surface area contributed by atoms with E-state index < -0.39 is 0 Å². The molecule has 1 aliphatic rings. The first-order valence-corrected chi connectivity index (χ1v) is 7.62. The topological polar surface area (TPSA) is 47.4 Å². The molecule has 1 aromatic rings. The van der Waals surface area contributed by atoms with Gasteiger partial charge in [0.1, 0.15) is 5.56 Å². The Labute approximate surface area is 120 Å². The van der Waals surface area contributed by atoms with Crippen LogP contribution in [0.15, 0.2) is 6.20 Å². The fraction of sp³-hybridized carbons (Fsp3) is 0.733. The Kier molecular flexibility index (Phi) is 5.59. The van der Waals surface area contributed by atoms with Crippen molar-refractivity contribution in [2.75, 3.05) is 19.7 Å². The van der Waals surface area contributed by atoms with Crippen molar-refractivity contribution in [2.45, 2.75) is 45.6 Å². The molecule has 1 saturated heterocycles. The second-order valence-corrected chi connectivity index (χ2v) is 5.39. The van der Waals surface area contributed by atoms with E-state index in [1.54, 1.807) is 10.9 Å². The first-order chi connectivity index (χ1) is 9.72. The average Bonchev–Trinajstić information content (AvgIpc) is 2.74. The summed E-state index contributed by atoms with van der Waals surface area (Å²) in [6.07, 6.45) is 8.09. The Morgan fingerprint density at radius 1 is 1.25 bits per heavy atom. The van der Waals surface area contributed by atoms with Gasteiger partial charge in [0.2, 0.25) is 0 Å². The van der Waals surface area contributed by atoms with E-state index in [-0.39, 0.29) is 5.97 Å². The summed E-state index contributed by atoms with van der Waals surface area (Å²) in [6.45, 7) is 5.22. The molecule has 112 valence electrons. The monoisotopic (exact) mass is 279 g/mol. The molecule has 0 spiro atoms. The van der Waals surface area contributed by atoms with Gasteiger partial charge in [-0.2, -0.15) is 5.10 Å². The summed E-state index contributed by atoms with van der Waals surface area (Å²) >= 11 is 0. The van der Waals surface area contributed by atoms with E-state index in [9.17, 15) is 4.79 Å². The molecule has 2 heterocycles. The van der Waals surface area contributed by atoms with Crippen LogP contribution in [-0.2, 0) is 18.3 Å². The van der Waals surface area contributed by atoms with Crippen LogP contribution in [0, 0.1) is 0 Å². The Hall–Kier alpha value is -1.36. The largest absolute Gasteiger partial charge is 0.462 e. The number of aryl methyl sites for hydroxylation is 1. The molecule has 0 N–H and O–H groups in total. The molecule has 1 aromatic heterocycles. The number of carbonyl (C=O) groups excluding carboxylic acids is 1. The van der Waals surface area contributed by atoms with Crippen LogP contribution < -0.4 is 0 Å². The molecule has 0 aromatic carbocycles. The van der Waals surface area contributed by atoms with E-state index in [4.69, 9.17) is 4.74 Å². The zero-order valence-electron chi connectivity index (χ0n) is 12.6. The minimum atomic E-state index is -0.261. The lowest BCUT2D eigenvalue weighted by Crippen LogP contribution is -2.28. The summed E-state index contributed by atoms with van der Waals surface area (Å²) in [5.41, 5.74) is 1.57. The van der Waals surface area contributed by atoms with Crippen LogP contribution in [0.5, 0.6) is 0 Å². The molecular weight excluding hydrogens is 254 g/mol. The highest BCUT2D eigenvalue weighted by Gasteiger charge is 2.19. The van der Waals surface area contributed by atoms with Gasteiger partial charge >= 0.3 is 5.97 Å². The lowest BCUT2D eigenvalue weighted by molar-refractivity contribution is 0.0523. The molecule has 0 unspecified atom stereocenters. The minimum Gasteiger partial charge on any atom is -0.462 e.